The smallest absolute Gasteiger partial charge is 0.254 e. The number of fused-ring (bicyclic) bond motifs is 4. The maximum atomic E-state index is 13.9. The standard InChI is InChI=1S/C31H37Cl2N11O/c1-19-3-2-4-28(25-9-20(7-8-36-25)31-26(37-12-19)15-43(40-31)22-13-34-17-35-14-22)42-18-38-24(11-30(42)45)23-10-21(32)5-6-27(23)44-16-29(33)39-41-44/h5-6,10-11,13-14,16-20,25-26,28,31,36-37,40H,2-4,7-9,12,15H2,1H3/t19-,20?,25?,26?,28+,31?/m1/s1. The van der Waals surface area contributed by atoms with E-state index in [1.807, 2.05) is 23.0 Å². The zero-order valence-electron chi connectivity index (χ0n) is 25.1. The number of benzene rings is 1. The number of nitrogens with one attached hydrogen (secondary N) is 3. The van der Waals surface area contributed by atoms with Crippen LogP contribution < -0.4 is 26.6 Å². The molecule has 4 aromatic rings. The maximum Gasteiger partial charge on any atom is 0.254 e. The second-order valence-corrected chi connectivity index (χ2v) is 13.3. The highest BCUT2D eigenvalue weighted by Gasteiger charge is 2.41. The average Bonchev–Trinajstić information content (AvgIpc) is 3.69. The zero-order chi connectivity index (χ0) is 30.9. The first-order valence-electron chi connectivity index (χ1n) is 15.6. The van der Waals surface area contributed by atoms with Crippen LogP contribution in [-0.2, 0) is 0 Å². The highest BCUT2D eigenvalue weighted by Crippen LogP contribution is 2.34. The Morgan fingerprint density at radius 2 is 1.89 bits per heavy atom. The van der Waals surface area contributed by atoms with Crippen molar-refractivity contribution in [2.24, 2.45) is 11.8 Å². The number of rotatable bonds is 4. The summed E-state index contributed by atoms with van der Waals surface area (Å²) < 4.78 is 3.40. The number of halogens is 2. The van der Waals surface area contributed by atoms with Gasteiger partial charge in [0, 0.05) is 34.8 Å². The van der Waals surface area contributed by atoms with E-state index in [0.29, 0.717) is 39.8 Å². The first-order valence-corrected chi connectivity index (χ1v) is 16.4. The molecule has 12 nitrogen and oxygen atoms in total. The fourth-order valence-corrected chi connectivity index (χ4v) is 7.51. The van der Waals surface area contributed by atoms with Gasteiger partial charge in [0.25, 0.3) is 5.56 Å². The number of hydrogen-bond acceptors (Lipinski definition) is 10. The molecule has 0 spiro atoms. The molecule has 3 N–H and O–H groups in total. The van der Waals surface area contributed by atoms with Crippen LogP contribution in [0.1, 0.15) is 45.1 Å². The van der Waals surface area contributed by atoms with Crippen LogP contribution in [0.25, 0.3) is 16.9 Å². The number of piperidine rings is 1. The minimum atomic E-state index is -0.0922. The molecule has 4 unspecified atom stereocenters. The van der Waals surface area contributed by atoms with Crippen LogP contribution in [0.5, 0.6) is 0 Å². The Labute approximate surface area is 271 Å². The lowest BCUT2D eigenvalue weighted by molar-refractivity contribution is 0.177. The molecule has 7 rings (SSSR count). The summed E-state index contributed by atoms with van der Waals surface area (Å²) in [7, 11) is 0. The Hall–Kier alpha value is -3.42. The molecule has 6 heterocycles. The first kappa shape index (κ1) is 30.2. The molecular weight excluding hydrogens is 613 g/mol. The van der Waals surface area contributed by atoms with Gasteiger partial charge in [-0.15, -0.1) is 5.10 Å². The van der Waals surface area contributed by atoms with Crippen LogP contribution in [0, 0.1) is 11.8 Å². The van der Waals surface area contributed by atoms with E-state index in [1.165, 1.54) is 0 Å². The Bertz CT molecular complexity index is 1680. The monoisotopic (exact) mass is 649 g/mol. The Kier molecular flexibility index (Phi) is 8.83. The summed E-state index contributed by atoms with van der Waals surface area (Å²) in [6, 6.07) is 7.64. The van der Waals surface area contributed by atoms with Crippen LogP contribution in [0.15, 0.2) is 60.3 Å². The van der Waals surface area contributed by atoms with Gasteiger partial charge in [-0.05, 0) is 68.8 Å². The van der Waals surface area contributed by atoms with Crippen molar-refractivity contribution >= 4 is 28.9 Å². The minimum Gasteiger partial charge on any atom is -0.312 e. The maximum absolute atomic E-state index is 13.9. The molecule has 2 bridgehead atoms. The minimum absolute atomic E-state index is 0.0205. The molecule has 3 aliphatic rings. The topological polar surface area (TPSA) is 131 Å². The molecule has 236 valence electrons. The number of hydrogen-bond donors (Lipinski definition) is 3. The van der Waals surface area contributed by atoms with Gasteiger partial charge in [-0.2, -0.15) is 0 Å². The SMILES string of the molecule is C[C@@H]1CCC[C@H](n2cnc(-c3cc(Cl)ccc3-n3cc(Cl)nn3)cc2=O)C2CC(CCN2)C2NN(c3cncnc3)CC2NC1. The molecule has 0 saturated carbocycles. The fraction of sp³-hybridized carbons (Fsp3) is 0.484. The van der Waals surface area contributed by atoms with Crippen molar-refractivity contribution in [3.05, 3.63) is 76.0 Å². The van der Waals surface area contributed by atoms with Crippen molar-refractivity contribution in [2.45, 2.75) is 63.2 Å². The lowest BCUT2D eigenvalue weighted by atomic mass is 9.80. The van der Waals surface area contributed by atoms with Gasteiger partial charge in [0.2, 0.25) is 0 Å². The van der Waals surface area contributed by atoms with Crippen LogP contribution in [-0.4, -0.2) is 72.3 Å². The Morgan fingerprint density at radius 3 is 2.69 bits per heavy atom. The van der Waals surface area contributed by atoms with Crippen LogP contribution >= 0.6 is 23.2 Å². The van der Waals surface area contributed by atoms with E-state index in [2.05, 4.69) is 48.3 Å². The van der Waals surface area contributed by atoms with Crippen molar-refractivity contribution in [2.75, 3.05) is 24.6 Å². The number of aromatic nitrogens is 7. The van der Waals surface area contributed by atoms with E-state index in [1.54, 1.807) is 41.7 Å². The van der Waals surface area contributed by atoms with Gasteiger partial charge in [0.05, 0.1) is 54.6 Å². The van der Waals surface area contributed by atoms with E-state index < -0.39 is 0 Å². The zero-order valence-corrected chi connectivity index (χ0v) is 26.6. The van der Waals surface area contributed by atoms with Crippen molar-refractivity contribution < 1.29 is 0 Å². The molecule has 0 radical (unpaired) electrons. The molecule has 6 atom stereocenters. The molecule has 14 heteroatoms. The third-order valence-electron chi connectivity index (χ3n) is 9.49. The predicted molar refractivity (Wildman–Crippen MR) is 174 cm³/mol. The van der Waals surface area contributed by atoms with E-state index in [4.69, 9.17) is 28.2 Å². The second-order valence-electron chi connectivity index (χ2n) is 12.5. The number of hydrazine groups is 1. The fourth-order valence-electron chi connectivity index (χ4n) is 7.21. The van der Waals surface area contributed by atoms with Crippen molar-refractivity contribution in [1.82, 2.24) is 50.6 Å². The summed E-state index contributed by atoms with van der Waals surface area (Å²) in [5.41, 5.74) is 6.56. The van der Waals surface area contributed by atoms with E-state index in [0.717, 1.165) is 57.4 Å². The number of anilines is 1. The van der Waals surface area contributed by atoms with Gasteiger partial charge in [-0.1, -0.05) is 41.8 Å². The molecular formula is C31H37Cl2N11O. The third-order valence-corrected chi connectivity index (χ3v) is 9.90. The van der Waals surface area contributed by atoms with E-state index in [-0.39, 0.29) is 28.8 Å². The summed E-state index contributed by atoms with van der Waals surface area (Å²) >= 11 is 12.4. The summed E-state index contributed by atoms with van der Waals surface area (Å²) in [5, 5.41) is 18.7. The highest BCUT2D eigenvalue weighted by atomic mass is 35.5. The second kappa shape index (κ2) is 13.1. The van der Waals surface area contributed by atoms with E-state index in [9.17, 15) is 4.79 Å². The first-order chi connectivity index (χ1) is 21.9. The lowest BCUT2D eigenvalue weighted by Gasteiger charge is -2.40. The molecule has 45 heavy (non-hydrogen) atoms. The summed E-state index contributed by atoms with van der Waals surface area (Å²) in [5.74, 6) is 0.934. The normalized spacial score (nSPS) is 27.4. The lowest BCUT2D eigenvalue weighted by Crippen LogP contribution is -2.54. The predicted octanol–water partition coefficient (Wildman–Crippen LogP) is 3.67. The molecule has 3 saturated heterocycles. The largest absolute Gasteiger partial charge is 0.312 e. The van der Waals surface area contributed by atoms with E-state index >= 15 is 0 Å². The molecule has 3 fully saturated rings. The molecule has 0 amide bonds. The van der Waals surface area contributed by atoms with Gasteiger partial charge in [0.15, 0.2) is 5.15 Å². The van der Waals surface area contributed by atoms with Crippen molar-refractivity contribution in [1.29, 1.82) is 0 Å². The van der Waals surface area contributed by atoms with Gasteiger partial charge in [0.1, 0.15) is 6.33 Å². The van der Waals surface area contributed by atoms with Gasteiger partial charge in [-0.3, -0.25) is 9.36 Å². The number of nitrogens with zero attached hydrogens (tertiary/aromatic N) is 8. The van der Waals surface area contributed by atoms with Gasteiger partial charge < -0.3 is 15.6 Å². The van der Waals surface area contributed by atoms with Crippen molar-refractivity contribution in [3.63, 3.8) is 0 Å². The average molecular weight is 651 g/mol. The van der Waals surface area contributed by atoms with Crippen LogP contribution in [0.2, 0.25) is 10.2 Å². The quantitative estimate of drug-likeness (QED) is 0.301. The highest BCUT2D eigenvalue weighted by molar-refractivity contribution is 6.31. The van der Waals surface area contributed by atoms with Crippen molar-refractivity contribution in [3.8, 4) is 16.9 Å². The molecule has 0 aliphatic carbocycles. The van der Waals surface area contributed by atoms with Gasteiger partial charge in [-0.25, -0.2) is 25.1 Å². The Morgan fingerprint density at radius 1 is 1.02 bits per heavy atom. The molecule has 3 aromatic heterocycles. The third kappa shape index (κ3) is 6.48. The molecule has 1 aromatic carbocycles. The summed E-state index contributed by atoms with van der Waals surface area (Å²) in [6.45, 7) is 5.00. The Balaban J connectivity index is 1.18. The van der Waals surface area contributed by atoms with Crippen LogP contribution in [0.4, 0.5) is 5.69 Å². The van der Waals surface area contributed by atoms with Crippen LogP contribution in [0.3, 0.4) is 0 Å². The summed E-state index contributed by atoms with van der Waals surface area (Å²) in [6.07, 6.45) is 13.6. The molecule has 3 aliphatic heterocycles. The van der Waals surface area contributed by atoms with Gasteiger partial charge >= 0.3 is 0 Å². The summed E-state index contributed by atoms with van der Waals surface area (Å²) in [4.78, 5) is 27.2.